The zero-order valence-corrected chi connectivity index (χ0v) is 11.5. The fourth-order valence-corrected chi connectivity index (χ4v) is 2.58. The van der Waals surface area contributed by atoms with Gasteiger partial charge in [-0.1, -0.05) is 25.1 Å². The number of aromatic nitrogens is 1. The molecule has 1 aromatic carbocycles. The van der Waals surface area contributed by atoms with Crippen molar-refractivity contribution in [2.45, 2.75) is 32.9 Å². The number of hydrogen-bond acceptors (Lipinski definition) is 3. The highest BCUT2D eigenvalue weighted by Gasteiger charge is 2.07. The number of rotatable bonds is 6. The molecule has 5 heteroatoms. The van der Waals surface area contributed by atoms with Gasteiger partial charge in [-0.15, -0.1) is 11.3 Å². The van der Waals surface area contributed by atoms with E-state index in [9.17, 15) is 8.78 Å². The van der Waals surface area contributed by atoms with Crippen LogP contribution < -0.4 is 5.32 Å². The zero-order chi connectivity index (χ0) is 13.7. The molecule has 0 aliphatic rings. The molecule has 0 aliphatic carbocycles. The summed E-state index contributed by atoms with van der Waals surface area (Å²) in [5, 5.41) is 4.25. The van der Waals surface area contributed by atoms with Gasteiger partial charge in [0, 0.05) is 29.7 Å². The van der Waals surface area contributed by atoms with Crippen LogP contribution in [-0.4, -0.2) is 4.98 Å². The lowest BCUT2D eigenvalue weighted by Crippen LogP contribution is -2.12. The van der Waals surface area contributed by atoms with E-state index in [4.69, 9.17) is 0 Å². The minimum atomic E-state index is -2.41. The lowest BCUT2D eigenvalue weighted by molar-refractivity contribution is 0.151. The van der Waals surface area contributed by atoms with Crippen molar-refractivity contribution in [1.29, 1.82) is 0 Å². The Morgan fingerprint density at radius 1 is 1.32 bits per heavy atom. The molecule has 1 N–H and O–H groups in total. The summed E-state index contributed by atoms with van der Waals surface area (Å²) in [6.07, 6.45) is 0.471. The van der Waals surface area contributed by atoms with Gasteiger partial charge in [0.1, 0.15) is 5.01 Å². The molecule has 0 radical (unpaired) electrons. The van der Waals surface area contributed by atoms with E-state index in [1.807, 2.05) is 12.3 Å². The third-order valence-corrected chi connectivity index (χ3v) is 3.90. The van der Waals surface area contributed by atoms with Crippen LogP contribution in [0.1, 0.15) is 34.4 Å². The van der Waals surface area contributed by atoms with Crippen molar-refractivity contribution in [2.75, 3.05) is 0 Å². The molecule has 102 valence electrons. The van der Waals surface area contributed by atoms with Gasteiger partial charge in [0.25, 0.3) is 6.43 Å². The first-order valence-corrected chi connectivity index (χ1v) is 7.02. The molecule has 2 nitrogen and oxygen atoms in total. The van der Waals surface area contributed by atoms with Crippen LogP contribution in [0, 0.1) is 0 Å². The van der Waals surface area contributed by atoms with Gasteiger partial charge in [-0.2, -0.15) is 0 Å². The third-order valence-electron chi connectivity index (χ3n) is 2.76. The topological polar surface area (TPSA) is 24.9 Å². The predicted molar refractivity (Wildman–Crippen MR) is 73.4 cm³/mol. The van der Waals surface area contributed by atoms with E-state index in [1.54, 1.807) is 17.4 Å². The first kappa shape index (κ1) is 14.1. The maximum atomic E-state index is 12.5. The number of thiazole rings is 1. The van der Waals surface area contributed by atoms with Gasteiger partial charge in [0.15, 0.2) is 0 Å². The number of aryl methyl sites for hydroxylation is 1. The van der Waals surface area contributed by atoms with Crippen LogP contribution in [-0.2, 0) is 19.5 Å². The van der Waals surface area contributed by atoms with Crippen LogP contribution in [0.2, 0.25) is 0 Å². The number of alkyl halides is 2. The molecule has 2 aromatic rings. The second-order valence-corrected chi connectivity index (χ2v) is 5.42. The normalized spacial score (nSPS) is 11.2. The first-order chi connectivity index (χ1) is 9.19. The fraction of sp³-hybridized carbons (Fsp3) is 0.357. The average Bonchev–Trinajstić information content (AvgIpc) is 2.87. The summed E-state index contributed by atoms with van der Waals surface area (Å²) in [6.45, 7) is 3.34. The summed E-state index contributed by atoms with van der Waals surface area (Å²) >= 11 is 1.68. The molecule has 0 unspecified atom stereocenters. The Labute approximate surface area is 115 Å². The number of nitrogens with one attached hydrogen (secondary N) is 1. The molecule has 1 aromatic heterocycles. The Bertz CT molecular complexity index is 526. The molecular formula is C14H16F2N2S. The van der Waals surface area contributed by atoms with Crippen molar-refractivity contribution in [1.82, 2.24) is 10.3 Å². The number of halogens is 2. The summed E-state index contributed by atoms with van der Waals surface area (Å²) in [4.78, 5) is 5.56. The Kier molecular flexibility index (Phi) is 4.99. The number of nitrogens with zero attached hydrogens (tertiary/aromatic N) is 1. The van der Waals surface area contributed by atoms with Gasteiger partial charge in [-0.25, -0.2) is 13.8 Å². The molecule has 0 bridgehead atoms. The summed E-state index contributed by atoms with van der Waals surface area (Å²) in [7, 11) is 0. The summed E-state index contributed by atoms with van der Waals surface area (Å²) < 4.78 is 25.1. The SMILES string of the molecule is CCc1cnc(CNCc2cccc(C(F)F)c2)s1. The van der Waals surface area contributed by atoms with E-state index in [1.165, 1.54) is 17.0 Å². The van der Waals surface area contributed by atoms with Crippen LogP contribution in [0.25, 0.3) is 0 Å². The van der Waals surface area contributed by atoms with Crippen molar-refractivity contribution >= 4 is 11.3 Å². The fourth-order valence-electron chi connectivity index (χ4n) is 1.75. The average molecular weight is 282 g/mol. The Morgan fingerprint density at radius 2 is 2.16 bits per heavy atom. The van der Waals surface area contributed by atoms with Crippen molar-refractivity contribution in [3.05, 3.63) is 51.5 Å². The predicted octanol–water partition coefficient (Wildman–Crippen LogP) is 3.93. The van der Waals surface area contributed by atoms with E-state index in [0.717, 1.165) is 17.0 Å². The van der Waals surface area contributed by atoms with Gasteiger partial charge < -0.3 is 5.32 Å². The van der Waals surface area contributed by atoms with Crippen molar-refractivity contribution in [3.63, 3.8) is 0 Å². The van der Waals surface area contributed by atoms with Crippen molar-refractivity contribution in [2.24, 2.45) is 0 Å². The molecule has 0 atom stereocenters. The van der Waals surface area contributed by atoms with Gasteiger partial charge in [0.2, 0.25) is 0 Å². The molecule has 1 heterocycles. The molecule has 0 saturated heterocycles. The molecule has 0 spiro atoms. The third kappa shape index (κ3) is 4.08. The molecule has 19 heavy (non-hydrogen) atoms. The molecule has 2 rings (SSSR count). The first-order valence-electron chi connectivity index (χ1n) is 6.20. The second kappa shape index (κ2) is 6.73. The summed E-state index contributed by atoms with van der Waals surface area (Å²) in [5.74, 6) is 0. The summed E-state index contributed by atoms with van der Waals surface area (Å²) in [5.41, 5.74) is 0.937. The van der Waals surface area contributed by atoms with Gasteiger partial charge in [-0.3, -0.25) is 0 Å². The van der Waals surface area contributed by atoms with E-state index in [-0.39, 0.29) is 5.56 Å². The van der Waals surface area contributed by atoms with Crippen LogP contribution >= 0.6 is 11.3 Å². The Hall–Kier alpha value is -1.33. The van der Waals surface area contributed by atoms with Crippen LogP contribution in [0.5, 0.6) is 0 Å². The molecular weight excluding hydrogens is 266 g/mol. The van der Waals surface area contributed by atoms with Crippen LogP contribution in [0.4, 0.5) is 8.78 Å². The monoisotopic (exact) mass is 282 g/mol. The lowest BCUT2D eigenvalue weighted by atomic mass is 10.1. The Morgan fingerprint density at radius 3 is 2.84 bits per heavy atom. The standard InChI is InChI=1S/C14H16F2N2S/c1-2-12-8-18-13(19-12)9-17-7-10-4-3-5-11(6-10)14(15)16/h3-6,8,14,17H,2,7,9H2,1H3. The largest absolute Gasteiger partial charge is 0.306 e. The molecule has 0 aliphatic heterocycles. The van der Waals surface area contributed by atoms with Crippen LogP contribution in [0.15, 0.2) is 30.5 Å². The number of hydrogen-bond donors (Lipinski definition) is 1. The van der Waals surface area contributed by atoms with E-state index < -0.39 is 6.43 Å². The molecule has 0 fully saturated rings. The van der Waals surface area contributed by atoms with E-state index >= 15 is 0 Å². The maximum absolute atomic E-state index is 12.5. The smallest absolute Gasteiger partial charge is 0.263 e. The van der Waals surface area contributed by atoms with Crippen molar-refractivity contribution < 1.29 is 8.78 Å². The quantitative estimate of drug-likeness (QED) is 0.868. The maximum Gasteiger partial charge on any atom is 0.263 e. The van der Waals surface area contributed by atoms with E-state index in [2.05, 4.69) is 17.2 Å². The van der Waals surface area contributed by atoms with Gasteiger partial charge in [0.05, 0.1) is 0 Å². The molecule has 0 amide bonds. The second-order valence-electron chi connectivity index (χ2n) is 4.22. The number of benzene rings is 1. The van der Waals surface area contributed by atoms with Crippen molar-refractivity contribution in [3.8, 4) is 0 Å². The lowest BCUT2D eigenvalue weighted by Gasteiger charge is -2.05. The highest BCUT2D eigenvalue weighted by atomic mass is 32.1. The minimum absolute atomic E-state index is 0.0711. The molecule has 0 saturated carbocycles. The van der Waals surface area contributed by atoms with Gasteiger partial charge in [-0.05, 0) is 18.1 Å². The van der Waals surface area contributed by atoms with Gasteiger partial charge >= 0.3 is 0 Å². The van der Waals surface area contributed by atoms with Crippen LogP contribution in [0.3, 0.4) is 0 Å². The van der Waals surface area contributed by atoms with E-state index in [0.29, 0.717) is 13.1 Å². The zero-order valence-electron chi connectivity index (χ0n) is 10.7. The highest BCUT2D eigenvalue weighted by Crippen LogP contribution is 2.19. The Balaban J connectivity index is 1.86. The minimum Gasteiger partial charge on any atom is -0.306 e. The highest BCUT2D eigenvalue weighted by molar-refractivity contribution is 7.11. The summed E-state index contributed by atoms with van der Waals surface area (Å²) in [6, 6.07) is 6.49.